The van der Waals surface area contributed by atoms with Crippen LogP contribution in [0.4, 0.5) is 4.39 Å². The number of hydrogen-bond acceptors (Lipinski definition) is 5. The third-order valence-electron chi connectivity index (χ3n) is 5.55. The molecule has 9 heteroatoms. The van der Waals surface area contributed by atoms with Crippen LogP contribution in [0.3, 0.4) is 0 Å². The number of nitrogens with one attached hydrogen (secondary N) is 1. The average Bonchev–Trinajstić information content (AvgIpc) is 3.34. The molecule has 1 atom stereocenters. The maximum absolute atomic E-state index is 13.5. The zero-order valence-electron chi connectivity index (χ0n) is 17.0. The highest BCUT2D eigenvalue weighted by Gasteiger charge is 2.29. The number of benzene rings is 2. The summed E-state index contributed by atoms with van der Waals surface area (Å²) in [6, 6.07) is 14.8. The molecular weight excluding hydrogens is 431 g/mol. The van der Waals surface area contributed by atoms with Crippen molar-refractivity contribution in [3.8, 4) is 16.9 Å². The van der Waals surface area contributed by atoms with Gasteiger partial charge in [-0.25, -0.2) is 9.07 Å². The van der Waals surface area contributed by atoms with E-state index in [0.29, 0.717) is 34.6 Å². The molecule has 0 saturated carbocycles. The Hall–Kier alpha value is -3.27. The number of hydrogen-bond donors (Lipinski definition) is 3. The van der Waals surface area contributed by atoms with E-state index in [1.54, 1.807) is 41.3 Å². The molecule has 4 aromatic rings. The Balaban J connectivity index is 1.57. The maximum atomic E-state index is 13.5. The van der Waals surface area contributed by atoms with Crippen LogP contribution in [0.1, 0.15) is 16.8 Å². The Morgan fingerprint density at radius 1 is 1.16 bits per heavy atom. The quantitative estimate of drug-likeness (QED) is 0.424. The van der Waals surface area contributed by atoms with Crippen molar-refractivity contribution in [3.05, 3.63) is 78.4 Å². The summed E-state index contributed by atoms with van der Waals surface area (Å²) in [5.41, 5.74) is 3.32. The highest BCUT2D eigenvalue weighted by atomic mass is 32.3. The molecule has 0 spiro atoms. The Labute approximate surface area is 185 Å². The van der Waals surface area contributed by atoms with E-state index < -0.39 is 10.6 Å². The summed E-state index contributed by atoms with van der Waals surface area (Å²) >= 11 is 0. The van der Waals surface area contributed by atoms with E-state index >= 15 is 0 Å². The smallest absolute Gasteiger partial charge is 0.251 e. The summed E-state index contributed by atoms with van der Waals surface area (Å²) in [7, 11) is -2.60. The number of nitrogens with zero attached hydrogens (tertiary/aromatic N) is 3. The van der Waals surface area contributed by atoms with Gasteiger partial charge in [0, 0.05) is 40.7 Å². The van der Waals surface area contributed by atoms with Crippen LogP contribution in [0.25, 0.3) is 27.8 Å². The lowest BCUT2D eigenvalue weighted by molar-refractivity contribution is 0.0941. The van der Waals surface area contributed by atoms with Crippen LogP contribution in [0.15, 0.2) is 67.0 Å². The molecule has 32 heavy (non-hydrogen) atoms. The number of amides is 1. The summed E-state index contributed by atoms with van der Waals surface area (Å²) in [6.07, 6.45) is 3.94. The molecule has 0 bridgehead atoms. The van der Waals surface area contributed by atoms with Gasteiger partial charge < -0.3 is 5.32 Å². The van der Waals surface area contributed by atoms with E-state index in [2.05, 4.69) is 10.3 Å². The maximum Gasteiger partial charge on any atom is 0.251 e. The third-order valence-corrected chi connectivity index (χ3v) is 7.37. The highest BCUT2D eigenvalue weighted by molar-refractivity contribution is 8.24. The van der Waals surface area contributed by atoms with E-state index in [4.69, 9.17) is 5.10 Å². The van der Waals surface area contributed by atoms with Gasteiger partial charge in [-0.05, 0) is 61.0 Å². The van der Waals surface area contributed by atoms with Crippen LogP contribution < -0.4 is 5.32 Å². The van der Waals surface area contributed by atoms with Gasteiger partial charge >= 0.3 is 0 Å². The van der Waals surface area contributed by atoms with Gasteiger partial charge in [-0.1, -0.05) is 0 Å². The number of carbonyl (C=O) groups is 1. The van der Waals surface area contributed by atoms with Crippen LogP contribution in [0, 0.1) is 5.82 Å². The molecule has 1 aliphatic heterocycles. The molecule has 1 amide bonds. The Bertz CT molecular complexity index is 1290. The van der Waals surface area contributed by atoms with Gasteiger partial charge in [0.2, 0.25) is 0 Å². The molecule has 0 radical (unpaired) electrons. The second kappa shape index (κ2) is 8.01. The molecule has 1 saturated heterocycles. The number of aromatic nitrogens is 3. The molecule has 2 aromatic heterocycles. The first kappa shape index (κ1) is 20.6. The van der Waals surface area contributed by atoms with Crippen LogP contribution in [0.2, 0.25) is 0 Å². The number of halogens is 1. The van der Waals surface area contributed by atoms with E-state index in [9.17, 15) is 18.3 Å². The standard InChI is InChI=1S/C23H21FN4O3S/c24-17-4-6-19(7-5-17)28-21-12-15(23(29)26-18-9-11-32(30,31)14-18)3-8-20(21)22(27-28)16-2-1-10-25-13-16/h1-8,10,12-13,18,30-31H,9,11,14H2,(H,26,29). The van der Waals surface area contributed by atoms with Crippen molar-refractivity contribution in [2.45, 2.75) is 12.5 Å². The largest absolute Gasteiger partial charge is 0.348 e. The first-order chi connectivity index (χ1) is 15.4. The molecule has 164 valence electrons. The predicted octanol–water partition coefficient (Wildman–Crippen LogP) is 4.48. The summed E-state index contributed by atoms with van der Waals surface area (Å²) in [5, 5.41) is 8.46. The van der Waals surface area contributed by atoms with Gasteiger partial charge in [-0.3, -0.25) is 18.9 Å². The molecule has 1 aliphatic rings. The number of fused-ring (bicyclic) bond motifs is 1. The third kappa shape index (κ3) is 3.97. The van der Waals surface area contributed by atoms with Gasteiger partial charge in [0.25, 0.3) is 5.91 Å². The zero-order chi connectivity index (χ0) is 22.3. The van der Waals surface area contributed by atoms with E-state index in [1.807, 2.05) is 18.2 Å². The number of pyridine rings is 1. The van der Waals surface area contributed by atoms with Gasteiger partial charge in [0.1, 0.15) is 11.5 Å². The normalized spacial score (nSPS) is 18.5. The molecular formula is C23H21FN4O3S. The van der Waals surface area contributed by atoms with Gasteiger partial charge in [0.05, 0.1) is 17.0 Å². The molecule has 2 aromatic carbocycles. The predicted molar refractivity (Wildman–Crippen MR) is 123 cm³/mol. The van der Waals surface area contributed by atoms with E-state index in [-0.39, 0.29) is 23.5 Å². The molecule has 1 unspecified atom stereocenters. The number of rotatable bonds is 4. The molecule has 1 fully saturated rings. The fourth-order valence-electron chi connectivity index (χ4n) is 3.95. The second-order valence-corrected chi connectivity index (χ2v) is 10.2. The second-order valence-electron chi connectivity index (χ2n) is 7.84. The van der Waals surface area contributed by atoms with Crippen LogP contribution in [-0.2, 0) is 0 Å². The van der Waals surface area contributed by atoms with Crippen molar-refractivity contribution in [2.24, 2.45) is 0 Å². The zero-order valence-corrected chi connectivity index (χ0v) is 17.8. The lowest BCUT2D eigenvalue weighted by atomic mass is 10.1. The fraction of sp³-hybridized carbons (Fsp3) is 0.174. The van der Waals surface area contributed by atoms with Gasteiger partial charge in [-0.15, -0.1) is 0 Å². The summed E-state index contributed by atoms with van der Waals surface area (Å²) < 4.78 is 34.8. The van der Waals surface area contributed by atoms with Crippen molar-refractivity contribution in [1.82, 2.24) is 20.1 Å². The van der Waals surface area contributed by atoms with Crippen molar-refractivity contribution in [1.29, 1.82) is 0 Å². The molecule has 5 rings (SSSR count). The summed E-state index contributed by atoms with van der Waals surface area (Å²) in [4.78, 5) is 17.0. The van der Waals surface area contributed by atoms with Crippen molar-refractivity contribution in [2.75, 3.05) is 11.5 Å². The van der Waals surface area contributed by atoms with Crippen molar-refractivity contribution < 1.29 is 18.3 Å². The monoisotopic (exact) mass is 452 g/mol. The summed E-state index contributed by atoms with van der Waals surface area (Å²) in [6.45, 7) is 0. The minimum Gasteiger partial charge on any atom is -0.348 e. The lowest BCUT2D eigenvalue weighted by Gasteiger charge is -2.26. The average molecular weight is 453 g/mol. The van der Waals surface area contributed by atoms with Crippen molar-refractivity contribution >= 4 is 27.4 Å². The van der Waals surface area contributed by atoms with Crippen LogP contribution in [-0.4, -0.2) is 47.3 Å². The minimum absolute atomic E-state index is 0.180. The van der Waals surface area contributed by atoms with E-state index in [0.717, 1.165) is 10.9 Å². The van der Waals surface area contributed by atoms with E-state index in [1.165, 1.54) is 12.1 Å². The summed E-state index contributed by atoms with van der Waals surface area (Å²) in [5.74, 6) is -0.147. The molecule has 3 heterocycles. The molecule has 7 nitrogen and oxygen atoms in total. The van der Waals surface area contributed by atoms with Gasteiger partial charge in [-0.2, -0.15) is 15.7 Å². The molecule has 3 N–H and O–H groups in total. The topological polar surface area (TPSA) is 100 Å². The SMILES string of the molecule is O=C(NC1CCS(O)(O)C1)c1ccc2c(-c3cccnc3)nn(-c3ccc(F)cc3)c2c1. The Morgan fingerprint density at radius 2 is 1.97 bits per heavy atom. The van der Waals surface area contributed by atoms with Crippen LogP contribution >= 0.6 is 10.6 Å². The van der Waals surface area contributed by atoms with Crippen molar-refractivity contribution in [3.63, 3.8) is 0 Å². The first-order valence-electron chi connectivity index (χ1n) is 10.1. The van der Waals surface area contributed by atoms with Gasteiger partial charge in [0.15, 0.2) is 0 Å². The lowest BCUT2D eigenvalue weighted by Crippen LogP contribution is -2.35. The Kier molecular flexibility index (Phi) is 5.16. The minimum atomic E-state index is -2.60. The Morgan fingerprint density at radius 3 is 2.66 bits per heavy atom. The van der Waals surface area contributed by atoms with Crippen LogP contribution in [0.5, 0.6) is 0 Å². The highest BCUT2D eigenvalue weighted by Crippen LogP contribution is 2.45. The first-order valence-corrected chi connectivity index (χ1v) is 12.0. The fourth-order valence-corrected chi connectivity index (χ4v) is 5.68. The number of carbonyl (C=O) groups excluding carboxylic acids is 1. The molecule has 0 aliphatic carbocycles.